The number of carboxylic acid groups (broad SMARTS) is 2. The molecule has 214 valence electrons. The number of hydrogen-bond acceptors (Lipinski definition) is 7. The summed E-state index contributed by atoms with van der Waals surface area (Å²) in [5.41, 5.74) is 2.89. The lowest BCUT2D eigenvalue weighted by Gasteiger charge is -2.36. The summed E-state index contributed by atoms with van der Waals surface area (Å²) in [4.78, 5) is 37.8. The summed E-state index contributed by atoms with van der Waals surface area (Å²) in [6.45, 7) is 8.46. The Morgan fingerprint density at radius 3 is 2.46 bits per heavy atom. The van der Waals surface area contributed by atoms with Crippen molar-refractivity contribution in [2.75, 3.05) is 49.5 Å². The summed E-state index contributed by atoms with van der Waals surface area (Å²) in [6, 6.07) is 17.3. The lowest BCUT2D eigenvalue weighted by Crippen LogP contribution is -2.46. The monoisotopic (exact) mass is 557 g/mol. The number of nitrogens with one attached hydrogen (secondary N) is 2. The van der Waals surface area contributed by atoms with E-state index in [1.165, 1.54) is 5.69 Å². The van der Waals surface area contributed by atoms with Gasteiger partial charge >= 0.3 is 11.9 Å². The van der Waals surface area contributed by atoms with Crippen LogP contribution in [0.25, 0.3) is 0 Å². The fraction of sp³-hybridized carbons (Fsp3) is 0.367. The standard InChI is InChI=1S/C30H35N7O4/c1-20-25(28(38)39)27(26(29(40)41)21(2)34-20)22-8-6-9-23(18-22)35-30(33-19-31)32-12-7-13-36-14-16-37(17-15-36)24-10-4-3-5-11-24/h3-6,8-11,18,25,27H,7,12-17H2,1-2H3,(H,38,39)(H,40,41)(H2,32,33,35). The molecule has 0 saturated carbocycles. The summed E-state index contributed by atoms with van der Waals surface area (Å²) < 4.78 is 0. The number of piperazine rings is 1. The van der Waals surface area contributed by atoms with Gasteiger partial charge in [-0.25, -0.2) is 4.79 Å². The molecule has 1 fully saturated rings. The average molecular weight is 558 g/mol. The van der Waals surface area contributed by atoms with Crippen LogP contribution in [0.1, 0.15) is 31.7 Å². The van der Waals surface area contributed by atoms with Gasteiger partial charge in [0.15, 0.2) is 6.19 Å². The van der Waals surface area contributed by atoms with Crippen LogP contribution < -0.4 is 15.5 Å². The molecule has 4 rings (SSSR count). The predicted octanol–water partition coefficient (Wildman–Crippen LogP) is 3.35. The Morgan fingerprint density at radius 2 is 1.80 bits per heavy atom. The van der Waals surface area contributed by atoms with E-state index in [-0.39, 0.29) is 17.2 Å². The van der Waals surface area contributed by atoms with E-state index in [4.69, 9.17) is 0 Å². The molecule has 0 aliphatic carbocycles. The highest BCUT2D eigenvalue weighted by molar-refractivity contribution is 6.06. The zero-order chi connectivity index (χ0) is 29.4. The van der Waals surface area contributed by atoms with E-state index in [0.29, 0.717) is 23.5 Å². The van der Waals surface area contributed by atoms with Gasteiger partial charge in [-0.3, -0.25) is 25.0 Å². The molecular formula is C30H35N7O4. The van der Waals surface area contributed by atoms with E-state index < -0.39 is 23.8 Å². The maximum absolute atomic E-state index is 12.1. The Kier molecular flexibility index (Phi) is 9.71. The van der Waals surface area contributed by atoms with Gasteiger partial charge in [0.05, 0.1) is 5.57 Å². The number of guanidine groups is 1. The van der Waals surface area contributed by atoms with Crippen molar-refractivity contribution in [1.82, 2.24) is 10.2 Å². The zero-order valence-electron chi connectivity index (χ0n) is 23.2. The SMILES string of the molecule is CC1=NC(C)=C(C(=O)O)C(c2cccc(NC(=NCCCN3CCN(c4ccccc4)CC3)NC#N)c2)C1C(=O)O. The van der Waals surface area contributed by atoms with Crippen LogP contribution in [0.15, 0.2) is 75.9 Å². The Labute approximate surface area is 239 Å². The molecule has 2 atom stereocenters. The summed E-state index contributed by atoms with van der Waals surface area (Å²) in [6.07, 6.45) is 2.71. The van der Waals surface area contributed by atoms with E-state index in [1.54, 1.807) is 38.1 Å². The molecule has 2 unspecified atom stereocenters. The zero-order valence-corrected chi connectivity index (χ0v) is 23.2. The van der Waals surface area contributed by atoms with Crippen molar-refractivity contribution in [3.63, 3.8) is 0 Å². The highest BCUT2D eigenvalue weighted by Gasteiger charge is 2.41. The third kappa shape index (κ3) is 7.29. The Hall–Kier alpha value is -4.69. The van der Waals surface area contributed by atoms with Crippen LogP contribution in [0.5, 0.6) is 0 Å². The van der Waals surface area contributed by atoms with E-state index in [9.17, 15) is 25.1 Å². The molecule has 2 aliphatic heterocycles. The lowest BCUT2D eigenvalue weighted by molar-refractivity contribution is -0.140. The van der Waals surface area contributed by atoms with Crippen LogP contribution in [0.3, 0.4) is 0 Å². The van der Waals surface area contributed by atoms with Crippen LogP contribution in [0.4, 0.5) is 11.4 Å². The van der Waals surface area contributed by atoms with Gasteiger partial charge in [-0.15, -0.1) is 0 Å². The second-order valence-electron chi connectivity index (χ2n) is 10.1. The summed E-state index contributed by atoms with van der Waals surface area (Å²) >= 11 is 0. The quantitative estimate of drug-likeness (QED) is 0.119. The third-order valence-corrected chi connectivity index (χ3v) is 7.40. The highest BCUT2D eigenvalue weighted by atomic mass is 16.4. The molecule has 2 aromatic carbocycles. The van der Waals surface area contributed by atoms with Gasteiger partial charge in [-0.2, -0.15) is 5.26 Å². The Bertz CT molecular complexity index is 1390. The van der Waals surface area contributed by atoms with Gasteiger partial charge in [0.1, 0.15) is 5.92 Å². The number of nitrogens with zero attached hydrogens (tertiary/aromatic N) is 5. The van der Waals surface area contributed by atoms with Gasteiger partial charge in [-0.1, -0.05) is 30.3 Å². The van der Waals surface area contributed by atoms with Crippen LogP contribution in [-0.4, -0.2) is 78.0 Å². The molecule has 0 spiro atoms. The van der Waals surface area contributed by atoms with Gasteiger partial charge in [0.25, 0.3) is 0 Å². The second-order valence-corrected chi connectivity index (χ2v) is 10.1. The van der Waals surface area contributed by atoms with Crippen LogP contribution >= 0.6 is 0 Å². The molecule has 0 amide bonds. The molecule has 4 N–H and O–H groups in total. The van der Waals surface area contributed by atoms with E-state index >= 15 is 0 Å². The van der Waals surface area contributed by atoms with Crippen molar-refractivity contribution in [2.24, 2.45) is 15.9 Å². The second kappa shape index (κ2) is 13.6. The highest BCUT2D eigenvalue weighted by Crippen LogP contribution is 2.39. The van der Waals surface area contributed by atoms with Crippen LogP contribution in [0.2, 0.25) is 0 Å². The number of benzene rings is 2. The molecule has 1 saturated heterocycles. The van der Waals surface area contributed by atoms with Crippen molar-refractivity contribution in [3.8, 4) is 6.19 Å². The molecule has 0 aromatic heterocycles. The van der Waals surface area contributed by atoms with Crippen molar-refractivity contribution in [3.05, 3.63) is 71.4 Å². The Balaban J connectivity index is 1.39. The molecule has 0 bridgehead atoms. The number of nitriles is 1. The summed E-state index contributed by atoms with van der Waals surface area (Å²) in [5, 5.41) is 34.7. The first-order valence-electron chi connectivity index (χ1n) is 13.6. The first-order valence-corrected chi connectivity index (χ1v) is 13.6. The van der Waals surface area contributed by atoms with E-state index in [0.717, 1.165) is 39.1 Å². The summed E-state index contributed by atoms with van der Waals surface area (Å²) in [7, 11) is 0. The molecule has 11 heteroatoms. The lowest BCUT2D eigenvalue weighted by atomic mass is 9.75. The number of carboxylic acids is 2. The number of allylic oxidation sites excluding steroid dienone is 1. The minimum absolute atomic E-state index is 0.0474. The third-order valence-electron chi connectivity index (χ3n) is 7.40. The molecular weight excluding hydrogens is 522 g/mol. The van der Waals surface area contributed by atoms with E-state index in [2.05, 4.69) is 54.7 Å². The van der Waals surface area contributed by atoms with Gasteiger partial charge < -0.3 is 20.4 Å². The van der Waals surface area contributed by atoms with E-state index in [1.807, 2.05) is 12.3 Å². The molecule has 41 heavy (non-hydrogen) atoms. The summed E-state index contributed by atoms with van der Waals surface area (Å²) in [5.74, 6) is -4.12. The normalized spacial score (nSPS) is 19.8. The minimum atomic E-state index is -1.21. The van der Waals surface area contributed by atoms with Crippen molar-refractivity contribution >= 4 is 35.0 Å². The number of anilines is 2. The topological polar surface area (TPSA) is 154 Å². The fourth-order valence-electron chi connectivity index (χ4n) is 5.46. The number of hydrogen-bond donors (Lipinski definition) is 4. The molecule has 2 aromatic rings. The largest absolute Gasteiger partial charge is 0.481 e. The van der Waals surface area contributed by atoms with Gasteiger partial charge in [-0.05, 0) is 50.1 Å². The van der Waals surface area contributed by atoms with Crippen molar-refractivity contribution in [1.29, 1.82) is 5.26 Å². The fourth-order valence-corrected chi connectivity index (χ4v) is 5.46. The maximum Gasteiger partial charge on any atom is 0.334 e. The molecule has 0 radical (unpaired) electrons. The number of rotatable bonds is 9. The van der Waals surface area contributed by atoms with Crippen LogP contribution in [-0.2, 0) is 9.59 Å². The van der Waals surface area contributed by atoms with Gasteiger partial charge in [0, 0.05) is 68.0 Å². The van der Waals surface area contributed by atoms with Crippen LogP contribution in [0, 0.1) is 17.4 Å². The number of aliphatic imine (C=N–C) groups is 2. The maximum atomic E-state index is 12.1. The number of aliphatic carboxylic acids is 2. The Morgan fingerprint density at radius 1 is 1.07 bits per heavy atom. The number of para-hydroxylation sites is 1. The first-order chi connectivity index (χ1) is 19.8. The van der Waals surface area contributed by atoms with Gasteiger partial charge in [0.2, 0.25) is 5.96 Å². The molecule has 2 aliphatic rings. The predicted molar refractivity (Wildman–Crippen MR) is 158 cm³/mol. The molecule has 2 heterocycles. The first kappa shape index (κ1) is 29.3. The number of carbonyl (C=O) groups is 2. The minimum Gasteiger partial charge on any atom is -0.481 e. The smallest absolute Gasteiger partial charge is 0.334 e. The molecule has 11 nitrogen and oxygen atoms in total. The van der Waals surface area contributed by atoms with Crippen molar-refractivity contribution in [2.45, 2.75) is 26.2 Å². The average Bonchev–Trinajstić information content (AvgIpc) is 2.95. The van der Waals surface area contributed by atoms with Crippen molar-refractivity contribution < 1.29 is 19.8 Å².